The van der Waals surface area contributed by atoms with Crippen LogP contribution in [0.5, 0.6) is 0 Å². The van der Waals surface area contributed by atoms with Crippen LogP contribution in [0.4, 0.5) is 0 Å². The minimum Gasteiger partial charge on any atom is -0.481 e. The Morgan fingerprint density at radius 3 is 2.15 bits per heavy atom. The molecule has 5 aliphatic carbocycles. The first-order chi connectivity index (χ1) is 25.6. The van der Waals surface area contributed by atoms with Crippen molar-refractivity contribution < 1.29 is 63.9 Å². The molecular formula is C42H66O13. The van der Waals surface area contributed by atoms with E-state index in [1.807, 2.05) is 0 Å². The second-order valence-electron chi connectivity index (χ2n) is 20.4. The number of carbonyl (C=O) groups excluding carboxylic acids is 1. The molecule has 0 unspecified atom stereocenters. The van der Waals surface area contributed by atoms with Gasteiger partial charge in [0.15, 0.2) is 18.7 Å². The summed E-state index contributed by atoms with van der Waals surface area (Å²) in [5.74, 6) is -0.884. The number of aliphatic carboxylic acids is 1. The number of allylic oxidation sites excluding steroid dienone is 2. The molecule has 13 nitrogen and oxygen atoms in total. The standard InChI is InChI=1S/C42H66O13/c1-37(2)15-17-42(36(49)50)18-16-40(6)21(22(42)19-37)9-10-25-39(5)13-12-26(38(3,4)24(39)11-14-41(25,40)7)53-35-30(47)31(29(46)32(55-35)33(48)51-8)54-34-28(45)27(44)23(43)20-52-34/h9,22-32,34-35,43-47H,10-20H2,1-8H3,(H,49,50)/t22-,23+,24-,25+,26-,27-,28+,29-,30+,31-,32-,34-,35+,39-,40+,41+,42-/m0/s1. The fourth-order valence-corrected chi connectivity index (χ4v) is 13.5. The second-order valence-corrected chi connectivity index (χ2v) is 20.4. The smallest absolute Gasteiger partial charge is 0.337 e. The van der Waals surface area contributed by atoms with Gasteiger partial charge in [0.1, 0.15) is 36.6 Å². The summed E-state index contributed by atoms with van der Waals surface area (Å²) in [5, 5.41) is 64.2. The maximum Gasteiger partial charge on any atom is 0.337 e. The molecule has 6 fully saturated rings. The number of carbonyl (C=O) groups is 2. The zero-order valence-corrected chi connectivity index (χ0v) is 33.9. The van der Waals surface area contributed by atoms with E-state index < -0.39 is 84.2 Å². The van der Waals surface area contributed by atoms with Gasteiger partial charge in [0.2, 0.25) is 0 Å². The topological polar surface area (TPSA) is 202 Å². The minimum atomic E-state index is -1.73. The van der Waals surface area contributed by atoms with Gasteiger partial charge in [-0.25, -0.2) is 4.79 Å². The SMILES string of the molecule is COC(=O)[C@H]1O[C@@H](O[C@H]2CC[C@]3(C)[C@H]4CC=C5[C@@H]6CC(C)(C)CC[C@]6(C(=O)O)CC[C@@]5(C)[C@]4(C)CC[C@H]3C2(C)C)[C@H](O)[C@@H](O[C@@H]2OC[C@@H](O)[C@H](O)[C@H]2O)[C@@H]1O. The molecule has 0 amide bonds. The predicted molar refractivity (Wildman–Crippen MR) is 197 cm³/mol. The fourth-order valence-electron chi connectivity index (χ4n) is 13.5. The molecule has 0 spiro atoms. The normalized spacial score (nSPS) is 51.7. The van der Waals surface area contributed by atoms with Gasteiger partial charge in [-0.05, 0) is 109 Å². The van der Waals surface area contributed by atoms with Gasteiger partial charge in [-0.3, -0.25) is 4.79 Å². The van der Waals surface area contributed by atoms with Gasteiger partial charge in [-0.2, -0.15) is 0 Å². The lowest BCUT2D eigenvalue weighted by molar-refractivity contribution is -0.357. The fraction of sp³-hybridized carbons (Fsp3) is 0.905. The number of carboxylic acids is 1. The lowest BCUT2D eigenvalue weighted by Gasteiger charge is -2.71. The number of rotatable bonds is 6. The average Bonchev–Trinajstić information content (AvgIpc) is 3.11. The Balaban J connectivity index is 1.13. The third kappa shape index (κ3) is 6.19. The number of ether oxygens (including phenoxy) is 5. The van der Waals surface area contributed by atoms with Crippen LogP contribution in [0.2, 0.25) is 0 Å². The van der Waals surface area contributed by atoms with Gasteiger partial charge in [0, 0.05) is 0 Å². The number of fused-ring (bicyclic) bond motifs is 7. The Morgan fingerprint density at radius 2 is 1.47 bits per heavy atom. The van der Waals surface area contributed by atoms with Crippen molar-refractivity contribution in [3.63, 3.8) is 0 Å². The van der Waals surface area contributed by atoms with E-state index in [-0.39, 0.29) is 40.1 Å². The van der Waals surface area contributed by atoms with E-state index in [9.17, 15) is 40.2 Å². The zero-order valence-electron chi connectivity index (χ0n) is 33.9. The van der Waals surface area contributed by atoms with Crippen LogP contribution in [-0.4, -0.2) is 118 Å². The predicted octanol–water partition coefficient (Wildman–Crippen LogP) is 3.70. The molecule has 6 N–H and O–H groups in total. The summed E-state index contributed by atoms with van der Waals surface area (Å²) < 4.78 is 28.7. The van der Waals surface area contributed by atoms with Crippen molar-refractivity contribution in [3.8, 4) is 0 Å². The molecular weight excluding hydrogens is 712 g/mol. The summed E-state index contributed by atoms with van der Waals surface area (Å²) >= 11 is 0. The van der Waals surface area contributed by atoms with Gasteiger partial charge in [0.25, 0.3) is 0 Å². The molecule has 13 heteroatoms. The summed E-state index contributed by atoms with van der Waals surface area (Å²) in [7, 11) is 1.15. The van der Waals surface area contributed by atoms with Crippen LogP contribution >= 0.6 is 0 Å². The summed E-state index contributed by atoms with van der Waals surface area (Å²) in [6.45, 7) is 16.0. The van der Waals surface area contributed by atoms with Crippen LogP contribution in [0.15, 0.2) is 11.6 Å². The van der Waals surface area contributed by atoms with Crippen LogP contribution < -0.4 is 0 Å². The van der Waals surface area contributed by atoms with E-state index >= 15 is 0 Å². The van der Waals surface area contributed by atoms with Gasteiger partial charge < -0.3 is 54.3 Å². The van der Waals surface area contributed by atoms with Crippen molar-refractivity contribution in [1.82, 2.24) is 0 Å². The maximum atomic E-state index is 13.1. The Labute approximate surface area is 325 Å². The molecule has 312 valence electrons. The summed E-state index contributed by atoms with van der Waals surface area (Å²) in [5.41, 5.74) is 0.207. The number of aliphatic hydroxyl groups is 5. The minimum absolute atomic E-state index is 0.0230. The van der Waals surface area contributed by atoms with E-state index in [1.165, 1.54) is 5.57 Å². The Morgan fingerprint density at radius 1 is 0.782 bits per heavy atom. The molecule has 4 saturated carbocycles. The number of hydrogen-bond acceptors (Lipinski definition) is 12. The molecule has 0 radical (unpaired) electrons. The van der Waals surface area contributed by atoms with Gasteiger partial charge in [-0.1, -0.05) is 60.1 Å². The highest BCUT2D eigenvalue weighted by atomic mass is 16.7. The van der Waals surface area contributed by atoms with Gasteiger partial charge in [-0.15, -0.1) is 0 Å². The highest BCUT2D eigenvalue weighted by Crippen LogP contribution is 2.76. The number of carboxylic acid groups (broad SMARTS) is 1. The third-order valence-electron chi connectivity index (χ3n) is 17.0. The number of aliphatic hydroxyl groups excluding tert-OH is 5. The van der Waals surface area contributed by atoms with Crippen LogP contribution in [0.25, 0.3) is 0 Å². The lowest BCUT2D eigenvalue weighted by atomic mass is 9.33. The van der Waals surface area contributed by atoms with Crippen molar-refractivity contribution in [2.75, 3.05) is 13.7 Å². The highest BCUT2D eigenvalue weighted by Gasteiger charge is 2.69. The molecule has 2 saturated heterocycles. The van der Waals surface area contributed by atoms with Crippen molar-refractivity contribution in [3.05, 3.63) is 11.6 Å². The maximum absolute atomic E-state index is 13.1. The van der Waals surface area contributed by atoms with Crippen LogP contribution in [0.3, 0.4) is 0 Å². The van der Waals surface area contributed by atoms with E-state index in [2.05, 4.69) is 54.5 Å². The van der Waals surface area contributed by atoms with Crippen molar-refractivity contribution in [1.29, 1.82) is 0 Å². The average molecular weight is 779 g/mol. The summed E-state index contributed by atoms with van der Waals surface area (Å²) in [6.07, 6.45) is -3.44. The van der Waals surface area contributed by atoms with Crippen LogP contribution in [-0.2, 0) is 33.3 Å². The zero-order chi connectivity index (χ0) is 40.3. The molecule has 55 heavy (non-hydrogen) atoms. The van der Waals surface area contributed by atoms with E-state index in [0.29, 0.717) is 18.8 Å². The Bertz CT molecular complexity index is 1530. The molecule has 0 bridgehead atoms. The summed E-state index contributed by atoms with van der Waals surface area (Å²) in [6, 6.07) is 0. The van der Waals surface area contributed by atoms with Gasteiger partial charge >= 0.3 is 11.9 Å². The highest BCUT2D eigenvalue weighted by molar-refractivity contribution is 5.77. The van der Waals surface area contributed by atoms with E-state index in [4.69, 9.17) is 23.7 Å². The molecule has 0 aromatic rings. The molecule has 0 aromatic carbocycles. The third-order valence-corrected chi connectivity index (χ3v) is 17.0. The summed E-state index contributed by atoms with van der Waals surface area (Å²) in [4.78, 5) is 25.9. The first-order valence-electron chi connectivity index (χ1n) is 20.6. The molecule has 2 heterocycles. The van der Waals surface area contributed by atoms with Crippen molar-refractivity contribution in [2.24, 2.45) is 50.2 Å². The Kier molecular flexibility index (Phi) is 10.5. The largest absolute Gasteiger partial charge is 0.481 e. The quantitative estimate of drug-likeness (QED) is 0.130. The van der Waals surface area contributed by atoms with Crippen molar-refractivity contribution in [2.45, 2.75) is 174 Å². The molecule has 17 atom stereocenters. The number of hydrogen-bond donors (Lipinski definition) is 6. The first-order valence-corrected chi connectivity index (χ1v) is 20.6. The van der Waals surface area contributed by atoms with Crippen molar-refractivity contribution >= 4 is 11.9 Å². The number of methoxy groups -OCH3 is 1. The van der Waals surface area contributed by atoms with Gasteiger partial charge in [0.05, 0.1) is 25.2 Å². The molecule has 0 aromatic heterocycles. The second kappa shape index (κ2) is 14.0. The Hall–Kier alpha value is -1.68. The van der Waals surface area contributed by atoms with E-state index in [0.717, 1.165) is 58.5 Å². The molecule has 2 aliphatic heterocycles. The van der Waals surface area contributed by atoms with E-state index in [1.54, 1.807) is 0 Å². The molecule has 7 aliphatic rings. The first kappa shape index (κ1) is 41.5. The van der Waals surface area contributed by atoms with Crippen LogP contribution in [0, 0.1) is 50.2 Å². The monoisotopic (exact) mass is 778 g/mol. The lowest BCUT2D eigenvalue weighted by Crippen LogP contribution is -2.67. The molecule has 7 rings (SSSR count). The van der Waals surface area contributed by atoms with Crippen LogP contribution in [0.1, 0.15) is 113 Å². The number of esters is 1.